The van der Waals surface area contributed by atoms with E-state index in [1.807, 2.05) is 30.3 Å². The van der Waals surface area contributed by atoms with Crippen molar-refractivity contribution in [3.05, 3.63) is 76.9 Å². The Hall–Kier alpha value is -3.39. The van der Waals surface area contributed by atoms with E-state index in [0.29, 0.717) is 32.9 Å². The quantitative estimate of drug-likeness (QED) is 0.548. The molecule has 2 aromatic heterocycles. The number of aryl methyl sites for hydroxylation is 1. The summed E-state index contributed by atoms with van der Waals surface area (Å²) in [4.78, 5) is 17.3. The van der Waals surface area contributed by atoms with E-state index < -0.39 is 0 Å². The molecule has 0 unspecified atom stereocenters. The summed E-state index contributed by atoms with van der Waals surface area (Å²) in [6, 6.07) is 15.7. The lowest BCUT2D eigenvalue weighted by atomic mass is 10.2. The van der Waals surface area contributed by atoms with Crippen molar-refractivity contribution < 1.29 is 13.6 Å². The van der Waals surface area contributed by atoms with Crippen LogP contribution in [0, 0.1) is 12.7 Å². The SMILES string of the molecule is Cc1nc(-c2ccccc2F)sc1C(=O)NCc1nnc(-c2ccccc2)o1. The van der Waals surface area contributed by atoms with Crippen molar-refractivity contribution in [2.75, 3.05) is 0 Å². The van der Waals surface area contributed by atoms with E-state index in [2.05, 4.69) is 20.5 Å². The molecule has 0 aliphatic carbocycles. The van der Waals surface area contributed by atoms with Gasteiger partial charge < -0.3 is 9.73 Å². The van der Waals surface area contributed by atoms with Gasteiger partial charge in [-0.3, -0.25) is 4.79 Å². The standard InChI is InChI=1S/C20H15FN4O2S/c1-12-17(28-20(23-12)14-9-5-6-10-15(14)21)18(26)22-11-16-24-25-19(27-16)13-7-3-2-4-8-13/h2-10H,11H2,1H3,(H,22,26). The number of thiazole rings is 1. The van der Waals surface area contributed by atoms with E-state index in [9.17, 15) is 9.18 Å². The van der Waals surface area contributed by atoms with Crippen molar-refractivity contribution in [1.29, 1.82) is 0 Å². The topological polar surface area (TPSA) is 80.9 Å². The Morgan fingerprint density at radius 2 is 1.86 bits per heavy atom. The van der Waals surface area contributed by atoms with Crippen LogP contribution in [-0.2, 0) is 6.54 Å². The van der Waals surface area contributed by atoms with E-state index in [1.54, 1.807) is 25.1 Å². The Kier molecular flexibility index (Phi) is 4.94. The highest BCUT2D eigenvalue weighted by molar-refractivity contribution is 7.17. The van der Waals surface area contributed by atoms with Gasteiger partial charge in [-0.05, 0) is 31.2 Å². The number of benzene rings is 2. The highest BCUT2D eigenvalue weighted by atomic mass is 32.1. The van der Waals surface area contributed by atoms with Crippen LogP contribution in [-0.4, -0.2) is 21.1 Å². The van der Waals surface area contributed by atoms with E-state index >= 15 is 0 Å². The third-order valence-electron chi connectivity index (χ3n) is 3.99. The molecule has 8 heteroatoms. The fourth-order valence-electron chi connectivity index (χ4n) is 2.62. The molecule has 1 amide bonds. The zero-order valence-corrected chi connectivity index (χ0v) is 15.7. The van der Waals surface area contributed by atoms with Gasteiger partial charge in [0.15, 0.2) is 0 Å². The first-order valence-corrected chi connectivity index (χ1v) is 9.32. The maximum absolute atomic E-state index is 14.0. The molecule has 0 bridgehead atoms. The maximum atomic E-state index is 14.0. The minimum absolute atomic E-state index is 0.0883. The number of nitrogens with zero attached hydrogens (tertiary/aromatic N) is 3. The highest BCUT2D eigenvalue weighted by Gasteiger charge is 2.18. The number of aromatic nitrogens is 3. The van der Waals surface area contributed by atoms with Crippen molar-refractivity contribution in [1.82, 2.24) is 20.5 Å². The van der Waals surface area contributed by atoms with Crippen molar-refractivity contribution in [2.24, 2.45) is 0 Å². The van der Waals surface area contributed by atoms with Gasteiger partial charge in [-0.1, -0.05) is 30.3 Å². The van der Waals surface area contributed by atoms with Crippen LogP contribution in [0.25, 0.3) is 22.0 Å². The van der Waals surface area contributed by atoms with Gasteiger partial charge in [-0.15, -0.1) is 21.5 Å². The van der Waals surface area contributed by atoms with Gasteiger partial charge in [0, 0.05) is 11.1 Å². The van der Waals surface area contributed by atoms with Crippen molar-refractivity contribution in [3.8, 4) is 22.0 Å². The molecule has 1 N–H and O–H groups in total. The van der Waals surface area contributed by atoms with E-state index in [1.165, 1.54) is 6.07 Å². The molecule has 0 fully saturated rings. The number of nitrogens with one attached hydrogen (secondary N) is 1. The number of carbonyl (C=O) groups excluding carboxylic acids is 1. The molecular weight excluding hydrogens is 379 g/mol. The van der Waals surface area contributed by atoms with Crippen LogP contribution in [0.4, 0.5) is 4.39 Å². The second-order valence-electron chi connectivity index (χ2n) is 5.96. The number of carbonyl (C=O) groups is 1. The van der Waals surface area contributed by atoms with Crippen molar-refractivity contribution in [2.45, 2.75) is 13.5 Å². The summed E-state index contributed by atoms with van der Waals surface area (Å²) in [7, 11) is 0. The van der Waals surface area contributed by atoms with Gasteiger partial charge in [0.05, 0.1) is 12.2 Å². The summed E-state index contributed by atoms with van der Waals surface area (Å²) in [6.45, 7) is 1.81. The summed E-state index contributed by atoms with van der Waals surface area (Å²) < 4.78 is 19.5. The first kappa shape index (κ1) is 18.0. The van der Waals surface area contributed by atoms with E-state index in [4.69, 9.17) is 4.42 Å². The molecular formula is C20H15FN4O2S. The fraction of sp³-hybridized carbons (Fsp3) is 0.100. The lowest BCUT2D eigenvalue weighted by Gasteiger charge is -2.00. The third-order valence-corrected chi connectivity index (χ3v) is 5.18. The van der Waals surface area contributed by atoms with Gasteiger partial charge >= 0.3 is 0 Å². The Bertz CT molecular complexity index is 1120. The predicted octanol–water partition coefficient (Wildman–Crippen LogP) is 4.24. The smallest absolute Gasteiger partial charge is 0.263 e. The minimum Gasteiger partial charge on any atom is -0.419 e. The van der Waals surface area contributed by atoms with Gasteiger partial charge in [-0.25, -0.2) is 9.37 Å². The highest BCUT2D eigenvalue weighted by Crippen LogP contribution is 2.29. The normalized spacial score (nSPS) is 10.8. The lowest BCUT2D eigenvalue weighted by molar-refractivity contribution is 0.0950. The van der Waals surface area contributed by atoms with E-state index in [0.717, 1.165) is 16.9 Å². The first-order chi connectivity index (χ1) is 13.6. The number of rotatable bonds is 5. The number of hydrogen-bond acceptors (Lipinski definition) is 6. The van der Waals surface area contributed by atoms with Crippen LogP contribution < -0.4 is 5.32 Å². The summed E-state index contributed by atoms with van der Waals surface area (Å²) in [5, 5.41) is 11.1. The van der Waals surface area contributed by atoms with Gasteiger partial charge in [-0.2, -0.15) is 0 Å². The average Bonchev–Trinajstić information content (AvgIpc) is 3.34. The number of hydrogen-bond donors (Lipinski definition) is 1. The average molecular weight is 394 g/mol. The summed E-state index contributed by atoms with van der Waals surface area (Å²) in [6.07, 6.45) is 0. The first-order valence-electron chi connectivity index (χ1n) is 8.50. The zero-order chi connectivity index (χ0) is 19.5. The Morgan fingerprint density at radius 1 is 1.11 bits per heavy atom. The fourth-order valence-corrected chi connectivity index (χ4v) is 3.63. The Morgan fingerprint density at radius 3 is 2.64 bits per heavy atom. The third kappa shape index (κ3) is 3.67. The molecule has 0 saturated carbocycles. The molecule has 0 spiro atoms. The van der Waals surface area contributed by atoms with Gasteiger partial charge in [0.1, 0.15) is 15.7 Å². The monoisotopic (exact) mass is 394 g/mol. The molecule has 6 nitrogen and oxygen atoms in total. The van der Waals surface area contributed by atoms with Crippen LogP contribution in [0.2, 0.25) is 0 Å². The van der Waals surface area contributed by atoms with Gasteiger partial charge in [0.25, 0.3) is 5.91 Å². The maximum Gasteiger partial charge on any atom is 0.263 e. The molecule has 2 heterocycles. The minimum atomic E-state index is -0.373. The zero-order valence-electron chi connectivity index (χ0n) is 14.8. The van der Waals surface area contributed by atoms with Crippen LogP contribution in [0.15, 0.2) is 59.0 Å². The second kappa shape index (κ2) is 7.69. The second-order valence-corrected chi connectivity index (χ2v) is 6.96. The molecule has 0 atom stereocenters. The van der Waals surface area contributed by atoms with Crippen LogP contribution >= 0.6 is 11.3 Å². The summed E-state index contributed by atoms with van der Waals surface area (Å²) >= 11 is 1.14. The van der Waals surface area contributed by atoms with Crippen molar-refractivity contribution in [3.63, 3.8) is 0 Å². The molecule has 4 rings (SSSR count). The Balaban J connectivity index is 1.46. The molecule has 0 aliphatic heterocycles. The predicted molar refractivity (Wildman–Crippen MR) is 103 cm³/mol. The van der Waals surface area contributed by atoms with Gasteiger partial charge in [0.2, 0.25) is 11.8 Å². The van der Waals surface area contributed by atoms with Crippen LogP contribution in [0.5, 0.6) is 0 Å². The molecule has 2 aromatic carbocycles. The molecule has 0 radical (unpaired) electrons. The molecule has 140 valence electrons. The molecule has 0 aliphatic rings. The summed E-state index contributed by atoms with van der Waals surface area (Å²) in [5.74, 6) is -0.0103. The van der Waals surface area contributed by atoms with Crippen LogP contribution in [0.3, 0.4) is 0 Å². The van der Waals surface area contributed by atoms with Crippen LogP contribution in [0.1, 0.15) is 21.3 Å². The molecule has 4 aromatic rings. The molecule has 0 saturated heterocycles. The number of amides is 1. The van der Waals surface area contributed by atoms with E-state index in [-0.39, 0.29) is 18.3 Å². The lowest BCUT2D eigenvalue weighted by Crippen LogP contribution is -2.22. The largest absolute Gasteiger partial charge is 0.419 e. The number of halogens is 1. The van der Waals surface area contributed by atoms with Crippen molar-refractivity contribution >= 4 is 17.2 Å². The Labute approximate surface area is 164 Å². The summed E-state index contributed by atoms with van der Waals surface area (Å²) in [5.41, 5.74) is 1.72. The molecule has 28 heavy (non-hydrogen) atoms.